The van der Waals surface area contributed by atoms with E-state index in [1.54, 1.807) is 13.8 Å². The van der Waals surface area contributed by atoms with Crippen LogP contribution in [-0.2, 0) is 9.53 Å². The van der Waals surface area contributed by atoms with Gasteiger partial charge in [0.15, 0.2) is 0 Å². The normalized spacial score (nSPS) is 13.4. The van der Waals surface area contributed by atoms with Crippen LogP contribution in [0.2, 0.25) is 0 Å². The van der Waals surface area contributed by atoms with Crippen LogP contribution in [0.5, 0.6) is 0 Å². The van der Waals surface area contributed by atoms with Gasteiger partial charge in [-0.05, 0) is 37.1 Å². The zero-order chi connectivity index (χ0) is 13.0. The van der Waals surface area contributed by atoms with Crippen LogP contribution in [0.3, 0.4) is 0 Å². The molecule has 1 unspecified atom stereocenters. The van der Waals surface area contributed by atoms with Gasteiger partial charge in [-0.25, -0.2) is 13.6 Å². The van der Waals surface area contributed by atoms with E-state index in [1.165, 1.54) is 18.2 Å². The van der Waals surface area contributed by atoms with E-state index in [9.17, 15) is 13.6 Å². The van der Waals surface area contributed by atoms with Gasteiger partial charge in [-0.3, -0.25) is 0 Å². The Kier molecular flexibility index (Phi) is 6.80. The first-order valence-electron chi connectivity index (χ1n) is 5.29. The molecular weight excluding hydrogens is 264 g/mol. The Morgan fingerprint density at radius 1 is 1.50 bits per heavy atom. The van der Waals surface area contributed by atoms with Crippen molar-refractivity contribution in [1.29, 1.82) is 0 Å². The number of hydrogen-bond acceptors (Lipinski definition) is 3. The highest BCUT2D eigenvalue weighted by Crippen LogP contribution is 2.22. The molecule has 0 saturated carbocycles. The fourth-order valence-corrected chi connectivity index (χ4v) is 1.54. The van der Waals surface area contributed by atoms with Crippen molar-refractivity contribution in [1.82, 2.24) is 0 Å². The number of halogens is 3. The lowest BCUT2D eigenvalue weighted by atomic mass is 9.98. The molecule has 1 rings (SSSR count). The number of ether oxygens (including phenoxy) is 1. The lowest BCUT2D eigenvalue weighted by Crippen LogP contribution is -2.32. The van der Waals surface area contributed by atoms with Gasteiger partial charge in [0.1, 0.15) is 5.82 Å². The molecule has 18 heavy (non-hydrogen) atoms. The first-order valence-corrected chi connectivity index (χ1v) is 5.29. The van der Waals surface area contributed by atoms with Crippen LogP contribution in [-0.4, -0.2) is 18.7 Å². The molecule has 3 nitrogen and oxygen atoms in total. The smallest absolute Gasteiger partial charge is 0.342 e. The summed E-state index contributed by atoms with van der Waals surface area (Å²) in [5.74, 6) is -1.42. The van der Waals surface area contributed by atoms with Crippen molar-refractivity contribution in [2.24, 2.45) is 5.73 Å². The molecular formula is C12H16ClF2NO2. The van der Waals surface area contributed by atoms with Crippen LogP contribution in [0.15, 0.2) is 18.2 Å². The number of carbonyl (C=O) groups excluding carboxylic acids is 1. The van der Waals surface area contributed by atoms with E-state index < -0.39 is 24.0 Å². The molecule has 0 spiro atoms. The van der Waals surface area contributed by atoms with E-state index >= 15 is 0 Å². The minimum atomic E-state index is -1.95. The molecule has 0 aromatic heterocycles. The summed E-state index contributed by atoms with van der Waals surface area (Å²) in [6.07, 6.45) is -1.95. The number of benzene rings is 1. The third-order valence-corrected chi connectivity index (χ3v) is 2.42. The Balaban J connectivity index is 0.00000289. The van der Waals surface area contributed by atoms with Gasteiger partial charge in [-0.2, -0.15) is 0 Å². The van der Waals surface area contributed by atoms with E-state index in [-0.39, 0.29) is 19.0 Å². The van der Waals surface area contributed by atoms with Crippen LogP contribution in [0.25, 0.3) is 0 Å². The molecule has 0 amide bonds. The average Bonchev–Trinajstić information content (AvgIpc) is 2.27. The lowest BCUT2D eigenvalue weighted by molar-refractivity contribution is -0.149. The molecule has 0 saturated heterocycles. The molecule has 2 N–H and O–H groups in total. The minimum absolute atomic E-state index is 0. The maximum Gasteiger partial charge on any atom is 0.342 e. The van der Waals surface area contributed by atoms with Crippen molar-refractivity contribution in [3.63, 3.8) is 0 Å². The predicted octanol–water partition coefficient (Wildman–Crippen LogP) is 2.46. The molecule has 0 radical (unpaired) electrons. The Morgan fingerprint density at radius 2 is 2.11 bits per heavy atom. The number of aryl methyl sites for hydroxylation is 1. The summed E-state index contributed by atoms with van der Waals surface area (Å²) in [6, 6.07) is 2.66. The predicted molar refractivity (Wildman–Crippen MR) is 66.8 cm³/mol. The second kappa shape index (κ2) is 7.28. The fourth-order valence-electron chi connectivity index (χ4n) is 1.54. The fraction of sp³-hybridized carbons (Fsp3) is 0.417. The van der Waals surface area contributed by atoms with Crippen molar-refractivity contribution in [3.05, 3.63) is 35.1 Å². The van der Waals surface area contributed by atoms with Crippen LogP contribution >= 0.6 is 12.4 Å². The summed E-state index contributed by atoms with van der Waals surface area (Å²) in [7, 11) is 0. The van der Waals surface area contributed by atoms with Crippen molar-refractivity contribution in [3.8, 4) is 0 Å². The Hall–Kier alpha value is -1.20. The summed E-state index contributed by atoms with van der Waals surface area (Å²) < 4.78 is 31.1. The van der Waals surface area contributed by atoms with Gasteiger partial charge in [0, 0.05) is 0 Å². The minimum Gasteiger partial charge on any atom is -0.464 e. The van der Waals surface area contributed by atoms with Crippen molar-refractivity contribution < 1.29 is 18.3 Å². The number of rotatable bonds is 4. The van der Waals surface area contributed by atoms with Gasteiger partial charge in [0.25, 0.3) is 0 Å². The SMILES string of the molecule is CCOC(=O)C(F)[C@H](N)c1ccc(F)cc1C.Cl. The third-order valence-electron chi connectivity index (χ3n) is 2.42. The molecule has 1 aromatic rings. The second-order valence-electron chi connectivity index (χ2n) is 3.68. The summed E-state index contributed by atoms with van der Waals surface area (Å²) in [4.78, 5) is 11.2. The number of hydrogen-bond donors (Lipinski definition) is 1. The topological polar surface area (TPSA) is 52.3 Å². The van der Waals surface area contributed by atoms with Crippen LogP contribution in [0.1, 0.15) is 24.1 Å². The van der Waals surface area contributed by atoms with Crippen molar-refractivity contribution in [2.75, 3.05) is 6.61 Å². The molecule has 0 fully saturated rings. The van der Waals surface area contributed by atoms with E-state index in [4.69, 9.17) is 5.73 Å². The highest BCUT2D eigenvalue weighted by Gasteiger charge is 2.28. The maximum atomic E-state index is 13.6. The zero-order valence-corrected chi connectivity index (χ0v) is 11.0. The van der Waals surface area contributed by atoms with E-state index in [1.807, 2.05) is 0 Å². The summed E-state index contributed by atoms with van der Waals surface area (Å²) >= 11 is 0. The van der Waals surface area contributed by atoms with Gasteiger partial charge in [-0.1, -0.05) is 6.07 Å². The monoisotopic (exact) mass is 279 g/mol. The molecule has 0 aliphatic heterocycles. The van der Waals surface area contributed by atoms with E-state index in [2.05, 4.69) is 4.74 Å². The first kappa shape index (κ1) is 16.8. The van der Waals surface area contributed by atoms with Gasteiger partial charge in [-0.15, -0.1) is 12.4 Å². The number of alkyl halides is 1. The lowest BCUT2D eigenvalue weighted by Gasteiger charge is -2.17. The molecule has 0 aliphatic carbocycles. The van der Waals surface area contributed by atoms with Gasteiger partial charge in [0.05, 0.1) is 12.6 Å². The Morgan fingerprint density at radius 3 is 2.61 bits per heavy atom. The largest absolute Gasteiger partial charge is 0.464 e. The van der Waals surface area contributed by atoms with Gasteiger partial charge in [0.2, 0.25) is 6.17 Å². The van der Waals surface area contributed by atoms with Crippen LogP contribution < -0.4 is 5.73 Å². The number of carbonyl (C=O) groups is 1. The van der Waals surface area contributed by atoms with E-state index in [0.29, 0.717) is 11.1 Å². The number of esters is 1. The van der Waals surface area contributed by atoms with Crippen LogP contribution in [0.4, 0.5) is 8.78 Å². The average molecular weight is 280 g/mol. The highest BCUT2D eigenvalue weighted by molar-refractivity contribution is 5.85. The van der Waals surface area contributed by atoms with Gasteiger partial charge >= 0.3 is 5.97 Å². The summed E-state index contributed by atoms with van der Waals surface area (Å²) in [5.41, 5.74) is 6.52. The maximum absolute atomic E-state index is 13.6. The Labute approximate surface area is 111 Å². The van der Waals surface area contributed by atoms with Crippen molar-refractivity contribution in [2.45, 2.75) is 26.1 Å². The summed E-state index contributed by atoms with van der Waals surface area (Å²) in [5, 5.41) is 0. The number of nitrogens with two attached hydrogens (primary N) is 1. The summed E-state index contributed by atoms with van der Waals surface area (Å²) in [6.45, 7) is 3.28. The molecule has 0 heterocycles. The van der Waals surface area contributed by atoms with Gasteiger partial charge < -0.3 is 10.5 Å². The standard InChI is InChI=1S/C12H15F2NO2.ClH/c1-3-17-12(16)10(14)11(15)9-5-4-8(13)6-7(9)2;/h4-6,10-11H,3,15H2,1-2H3;1H/t10?,11-;/m1./s1. The van der Waals surface area contributed by atoms with E-state index in [0.717, 1.165) is 0 Å². The molecule has 0 bridgehead atoms. The zero-order valence-electron chi connectivity index (χ0n) is 10.2. The highest BCUT2D eigenvalue weighted by atomic mass is 35.5. The van der Waals surface area contributed by atoms with Crippen molar-refractivity contribution >= 4 is 18.4 Å². The molecule has 2 atom stereocenters. The first-order chi connectivity index (χ1) is 7.97. The molecule has 6 heteroatoms. The molecule has 102 valence electrons. The Bertz CT molecular complexity index is 415. The van der Waals surface area contributed by atoms with Crippen LogP contribution in [0, 0.1) is 12.7 Å². The second-order valence-corrected chi connectivity index (χ2v) is 3.68. The molecule has 0 aliphatic rings. The molecule has 1 aromatic carbocycles. The third kappa shape index (κ3) is 3.92. The quantitative estimate of drug-likeness (QED) is 0.862.